The first-order valence-corrected chi connectivity index (χ1v) is 8.57. The van der Waals surface area contributed by atoms with Crippen molar-refractivity contribution in [3.05, 3.63) is 76.9 Å². The number of benzene rings is 1. The summed E-state index contributed by atoms with van der Waals surface area (Å²) in [5.41, 5.74) is 3.51. The zero-order valence-corrected chi connectivity index (χ0v) is 14.1. The number of hydrogen-bond acceptors (Lipinski definition) is 3. The fraction of sp³-hybridized carbons (Fsp3) is 0.200. The van der Waals surface area contributed by atoms with Gasteiger partial charge in [0, 0.05) is 23.7 Å². The van der Waals surface area contributed by atoms with Crippen LogP contribution in [0.15, 0.2) is 60.9 Å². The number of aromatic nitrogens is 1. The SMILES string of the molecule is CC(C)c1cccc(-c2ccc(C(=O)Cc3ccncc3)s2)c1. The standard InChI is InChI=1S/C20H19NOS/c1-14(2)16-4-3-5-17(13-16)19-6-7-20(23-19)18(22)12-15-8-10-21-11-9-15/h3-11,13-14H,12H2,1-2H3. The largest absolute Gasteiger partial charge is 0.293 e. The number of carbonyl (C=O) groups excluding carboxylic acids is 1. The highest BCUT2D eigenvalue weighted by atomic mass is 32.1. The first kappa shape index (κ1) is 15.6. The Morgan fingerprint density at radius 1 is 1.09 bits per heavy atom. The average molecular weight is 321 g/mol. The molecule has 0 amide bonds. The van der Waals surface area contributed by atoms with E-state index in [1.807, 2.05) is 24.3 Å². The highest BCUT2D eigenvalue weighted by molar-refractivity contribution is 7.17. The van der Waals surface area contributed by atoms with Gasteiger partial charge in [-0.3, -0.25) is 9.78 Å². The van der Waals surface area contributed by atoms with E-state index in [1.54, 1.807) is 23.7 Å². The van der Waals surface area contributed by atoms with Gasteiger partial charge in [-0.15, -0.1) is 11.3 Å². The van der Waals surface area contributed by atoms with Crippen LogP contribution in [-0.4, -0.2) is 10.8 Å². The Labute approximate surface area is 140 Å². The summed E-state index contributed by atoms with van der Waals surface area (Å²) in [6.45, 7) is 4.38. The molecule has 2 nitrogen and oxygen atoms in total. The van der Waals surface area contributed by atoms with Crippen LogP contribution in [-0.2, 0) is 6.42 Å². The maximum atomic E-state index is 12.4. The highest BCUT2D eigenvalue weighted by Crippen LogP contribution is 2.30. The first-order chi connectivity index (χ1) is 11.1. The van der Waals surface area contributed by atoms with Gasteiger partial charge >= 0.3 is 0 Å². The Morgan fingerprint density at radius 2 is 1.87 bits per heavy atom. The smallest absolute Gasteiger partial charge is 0.177 e. The predicted molar refractivity (Wildman–Crippen MR) is 96.1 cm³/mol. The van der Waals surface area contributed by atoms with Gasteiger partial charge in [0.2, 0.25) is 0 Å². The molecule has 0 bridgehead atoms. The van der Waals surface area contributed by atoms with Crippen molar-refractivity contribution in [2.75, 3.05) is 0 Å². The Balaban J connectivity index is 1.80. The van der Waals surface area contributed by atoms with Crippen LogP contribution in [0.2, 0.25) is 0 Å². The van der Waals surface area contributed by atoms with Gasteiger partial charge in [0.05, 0.1) is 4.88 Å². The molecule has 1 aromatic carbocycles. The molecule has 2 aromatic heterocycles. The third kappa shape index (κ3) is 3.74. The Hall–Kier alpha value is -2.26. The molecule has 0 aliphatic rings. The molecule has 0 fully saturated rings. The molecule has 0 saturated heterocycles. The van der Waals surface area contributed by atoms with Gasteiger partial charge in [-0.25, -0.2) is 0 Å². The van der Waals surface area contributed by atoms with Crippen LogP contribution in [0.4, 0.5) is 0 Å². The summed E-state index contributed by atoms with van der Waals surface area (Å²) in [5, 5.41) is 0. The number of pyridine rings is 1. The maximum absolute atomic E-state index is 12.4. The zero-order valence-electron chi connectivity index (χ0n) is 13.3. The molecule has 0 radical (unpaired) electrons. The second kappa shape index (κ2) is 6.88. The number of ketones is 1. The minimum Gasteiger partial charge on any atom is -0.293 e. The van der Waals surface area contributed by atoms with E-state index >= 15 is 0 Å². The first-order valence-electron chi connectivity index (χ1n) is 7.76. The molecule has 0 spiro atoms. The minimum absolute atomic E-state index is 0.160. The fourth-order valence-electron chi connectivity index (χ4n) is 2.47. The normalized spacial score (nSPS) is 10.9. The number of thiophene rings is 1. The van der Waals surface area contributed by atoms with Gasteiger partial charge < -0.3 is 0 Å². The molecule has 3 aromatic rings. The maximum Gasteiger partial charge on any atom is 0.177 e. The van der Waals surface area contributed by atoms with E-state index in [9.17, 15) is 4.79 Å². The molecule has 0 aliphatic carbocycles. The molecule has 0 saturated carbocycles. The van der Waals surface area contributed by atoms with Crippen molar-refractivity contribution in [1.82, 2.24) is 4.98 Å². The van der Waals surface area contributed by atoms with Crippen LogP contribution in [0.1, 0.15) is 40.6 Å². The summed E-state index contributed by atoms with van der Waals surface area (Å²) in [4.78, 5) is 18.4. The summed E-state index contributed by atoms with van der Waals surface area (Å²) in [5.74, 6) is 0.662. The van der Waals surface area contributed by atoms with Gasteiger partial charge in [-0.2, -0.15) is 0 Å². The van der Waals surface area contributed by atoms with Crippen LogP contribution < -0.4 is 0 Å². The molecule has 3 rings (SSSR count). The monoisotopic (exact) mass is 321 g/mol. The van der Waals surface area contributed by atoms with E-state index in [0.717, 1.165) is 15.3 Å². The Bertz CT molecular complexity index is 805. The number of carbonyl (C=O) groups is 1. The number of rotatable bonds is 5. The van der Waals surface area contributed by atoms with Crippen molar-refractivity contribution in [3.63, 3.8) is 0 Å². The van der Waals surface area contributed by atoms with Crippen molar-refractivity contribution in [2.45, 2.75) is 26.2 Å². The van der Waals surface area contributed by atoms with Gasteiger partial charge in [0.25, 0.3) is 0 Å². The van der Waals surface area contributed by atoms with Crippen LogP contribution in [0.25, 0.3) is 10.4 Å². The molecule has 116 valence electrons. The summed E-state index contributed by atoms with van der Waals surface area (Å²) in [7, 11) is 0. The molecule has 2 heterocycles. The number of nitrogens with zero attached hydrogens (tertiary/aromatic N) is 1. The number of Topliss-reactive ketones (excluding diaryl/α,β-unsaturated/α-hetero) is 1. The van der Waals surface area contributed by atoms with E-state index in [-0.39, 0.29) is 5.78 Å². The lowest BCUT2D eigenvalue weighted by Crippen LogP contribution is -2.00. The van der Waals surface area contributed by atoms with Crippen molar-refractivity contribution >= 4 is 17.1 Å². The summed E-state index contributed by atoms with van der Waals surface area (Å²) in [6.07, 6.45) is 3.87. The fourth-order valence-corrected chi connectivity index (χ4v) is 3.41. The van der Waals surface area contributed by atoms with E-state index in [2.05, 4.69) is 43.1 Å². The molecule has 0 aliphatic heterocycles. The van der Waals surface area contributed by atoms with E-state index in [4.69, 9.17) is 0 Å². The van der Waals surface area contributed by atoms with E-state index < -0.39 is 0 Å². The molecule has 0 atom stereocenters. The second-order valence-corrected chi connectivity index (χ2v) is 6.98. The van der Waals surface area contributed by atoms with Crippen molar-refractivity contribution in [3.8, 4) is 10.4 Å². The molecule has 23 heavy (non-hydrogen) atoms. The van der Waals surface area contributed by atoms with Crippen LogP contribution in [0, 0.1) is 0 Å². The predicted octanol–water partition coefficient (Wildman–Crippen LogP) is 5.36. The second-order valence-electron chi connectivity index (χ2n) is 5.90. The topological polar surface area (TPSA) is 30.0 Å². The molecule has 0 N–H and O–H groups in total. The van der Waals surface area contributed by atoms with Crippen molar-refractivity contribution < 1.29 is 4.79 Å². The van der Waals surface area contributed by atoms with Gasteiger partial charge in [0.15, 0.2) is 5.78 Å². The van der Waals surface area contributed by atoms with Crippen LogP contribution in [0.3, 0.4) is 0 Å². The lowest BCUT2D eigenvalue weighted by atomic mass is 10.0. The van der Waals surface area contributed by atoms with Gasteiger partial charge in [-0.1, -0.05) is 38.1 Å². The number of hydrogen-bond donors (Lipinski definition) is 0. The van der Waals surface area contributed by atoms with Crippen molar-refractivity contribution in [1.29, 1.82) is 0 Å². The highest BCUT2D eigenvalue weighted by Gasteiger charge is 2.12. The molecule has 0 unspecified atom stereocenters. The lowest BCUT2D eigenvalue weighted by molar-refractivity contribution is 0.0997. The average Bonchev–Trinajstić information content (AvgIpc) is 3.06. The summed E-state index contributed by atoms with van der Waals surface area (Å²) >= 11 is 1.57. The van der Waals surface area contributed by atoms with Crippen LogP contribution in [0.5, 0.6) is 0 Å². The van der Waals surface area contributed by atoms with Crippen LogP contribution >= 0.6 is 11.3 Å². The molecular formula is C20H19NOS. The van der Waals surface area contributed by atoms with Gasteiger partial charge in [-0.05, 0) is 46.9 Å². The minimum atomic E-state index is 0.160. The lowest BCUT2D eigenvalue weighted by Gasteiger charge is -2.06. The quantitative estimate of drug-likeness (QED) is 0.592. The third-order valence-electron chi connectivity index (χ3n) is 3.83. The Morgan fingerprint density at radius 3 is 2.61 bits per heavy atom. The molecule has 3 heteroatoms. The summed E-state index contributed by atoms with van der Waals surface area (Å²) < 4.78 is 0. The van der Waals surface area contributed by atoms with E-state index in [1.165, 1.54) is 11.1 Å². The summed E-state index contributed by atoms with van der Waals surface area (Å²) in [6, 6.07) is 16.3. The van der Waals surface area contributed by atoms with Crippen molar-refractivity contribution in [2.24, 2.45) is 0 Å². The third-order valence-corrected chi connectivity index (χ3v) is 5.01. The van der Waals surface area contributed by atoms with Gasteiger partial charge in [0.1, 0.15) is 0 Å². The van der Waals surface area contributed by atoms with E-state index in [0.29, 0.717) is 12.3 Å². The Kier molecular flexibility index (Phi) is 4.68. The zero-order chi connectivity index (χ0) is 16.2. The molecular weight excluding hydrogens is 302 g/mol.